The number of rotatable bonds is 7. The predicted octanol–water partition coefficient (Wildman–Crippen LogP) is 0.783. The van der Waals surface area contributed by atoms with Crippen molar-refractivity contribution in [2.45, 2.75) is 13.0 Å². The van der Waals surface area contributed by atoms with Crippen molar-refractivity contribution >= 4 is 10.2 Å². The first-order valence-electron chi connectivity index (χ1n) is 6.00. The second-order valence-corrected chi connectivity index (χ2v) is 6.50. The van der Waals surface area contributed by atoms with E-state index in [0.29, 0.717) is 25.1 Å². The van der Waals surface area contributed by atoms with Gasteiger partial charge in [-0.3, -0.25) is 0 Å². The van der Waals surface area contributed by atoms with E-state index in [4.69, 9.17) is 5.73 Å². The summed E-state index contributed by atoms with van der Waals surface area (Å²) >= 11 is 0. The van der Waals surface area contributed by atoms with Gasteiger partial charge >= 0.3 is 0 Å². The van der Waals surface area contributed by atoms with Crippen molar-refractivity contribution in [3.8, 4) is 0 Å². The molecule has 1 rings (SSSR count). The van der Waals surface area contributed by atoms with Crippen LogP contribution in [0.5, 0.6) is 0 Å². The molecule has 19 heavy (non-hydrogen) atoms. The Bertz CT molecular complexity index is 507. The summed E-state index contributed by atoms with van der Waals surface area (Å²) in [6.45, 7) is 0.937. The molecule has 0 unspecified atom stereocenters. The van der Waals surface area contributed by atoms with E-state index in [1.165, 1.54) is 34.8 Å². The molecule has 0 heterocycles. The minimum atomic E-state index is -3.53. The van der Waals surface area contributed by atoms with Crippen LogP contribution in [0.3, 0.4) is 0 Å². The van der Waals surface area contributed by atoms with Gasteiger partial charge in [0.05, 0.1) is 0 Å². The van der Waals surface area contributed by atoms with E-state index >= 15 is 0 Å². The van der Waals surface area contributed by atoms with E-state index in [1.807, 2.05) is 0 Å². The van der Waals surface area contributed by atoms with Crippen molar-refractivity contribution in [3.05, 3.63) is 35.6 Å². The van der Waals surface area contributed by atoms with Gasteiger partial charge in [0.2, 0.25) is 0 Å². The van der Waals surface area contributed by atoms with Crippen molar-refractivity contribution in [2.75, 3.05) is 27.2 Å². The normalized spacial score (nSPS) is 12.3. The maximum absolute atomic E-state index is 13.0. The average Bonchev–Trinajstić information content (AvgIpc) is 2.35. The molecule has 0 aliphatic rings. The molecule has 0 bridgehead atoms. The minimum Gasteiger partial charge on any atom is -0.330 e. The van der Waals surface area contributed by atoms with E-state index in [9.17, 15) is 12.8 Å². The van der Waals surface area contributed by atoms with E-state index in [-0.39, 0.29) is 12.4 Å². The number of halogens is 1. The van der Waals surface area contributed by atoms with Crippen LogP contribution >= 0.6 is 0 Å². The third-order valence-corrected chi connectivity index (χ3v) is 4.65. The van der Waals surface area contributed by atoms with Gasteiger partial charge in [-0.25, -0.2) is 4.39 Å². The first-order chi connectivity index (χ1) is 8.87. The lowest BCUT2D eigenvalue weighted by Crippen LogP contribution is -2.40. The van der Waals surface area contributed by atoms with Crippen LogP contribution in [0.4, 0.5) is 4.39 Å². The molecule has 0 aliphatic heterocycles. The molecule has 0 saturated heterocycles. The van der Waals surface area contributed by atoms with Crippen LogP contribution in [0, 0.1) is 5.82 Å². The molecular weight excluding hydrogens is 269 g/mol. The molecule has 0 spiro atoms. The number of hydrogen-bond donors (Lipinski definition) is 1. The second kappa shape index (κ2) is 6.95. The highest BCUT2D eigenvalue weighted by atomic mass is 32.2. The molecule has 0 amide bonds. The zero-order valence-electron chi connectivity index (χ0n) is 11.2. The number of hydrogen-bond acceptors (Lipinski definition) is 3. The summed E-state index contributed by atoms with van der Waals surface area (Å²) in [5.41, 5.74) is 5.97. The Hall–Kier alpha value is -1.02. The molecule has 0 fully saturated rings. The summed E-state index contributed by atoms with van der Waals surface area (Å²) < 4.78 is 39.8. The molecule has 0 saturated carbocycles. The Kier molecular flexibility index (Phi) is 5.86. The Balaban J connectivity index is 2.73. The van der Waals surface area contributed by atoms with Gasteiger partial charge in [-0.15, -0.1) is 0 Å². The standard InChI is InChI=1S/C12H20FN3O2S/c1-15(8-4-7-14)19(17,18)16(2)10-11-5-3-6-12(13)9-11/h3,5-6,9H,4,7-8,10,14H2,1-2H3. The fraction of sp³-hybridized carbons (Fsp3) is 0.500. The molecule has 1 aromatic carbocycles. The molecular formula is C12H20FN3O2S. The quantitative estimate of drug-likeness (QED) is 0.807. The van der Waals surface area contributed by atoms with Crippen LogP contribution in [0.25, 0.3) is 0 Å². The van der Waals surface area contributed by atoms with Gasteiger partial charge in [-0.1, -0.05) is 12.1 Å². The van der Waals surface area contributed by atoms with Crippen molar-refractivity contribution in [1.29, 1.82) is 0 Å². The van der Waals surface area contributed by atoms with Crippen LogP contribution in [0.2, 0.25) is 0 Å². The summed E-state index contributed by atoms with van der Waals surface area (Å²) in [6, 6.07) is 5.90. The van der Waals surface area contributed by atoms with Crippen LogP contribution in [0.15, 0.2) is 24.3 Å². The Morgan fingerprint density at radius 2 is 1.95 bits per heavy atom. The third-order valence-electron chi connectivity index (χ3n) is 2.76. The molecule has 0 aromatic heterocycles. The summed E-state index contributed by atoms with van der Waals surface area (Å²) in [5, 5.41) is 0. The predicted molar refractivity (Wildman–Crippen MR) is 73.1 cm³/mol. The maximum atomic E-state index is 13.0. The molecule has 7 heteroatoms. The lowest BCUT2D eigenvalue weighted by molar-refractivity contribution is 0.386. The highest BCUT2D eigenvalue weighted by Gasteiger charge is 2.23. The summed E-state index contributed by atoms with van der Waals surface area (Å²) in [6.07, 6.45) is 0.601. The van der Waals surface area contributed by atoms with E-state index < -0.39 is 10.2 Å². The number of nitrogens with zero attached hydrogens (tertiary/aromatic N) is 2. The number of nitrogens with two attached hydrogens (primary N) is 1. The summed E-state index contributed by atoms with van der Waals surface area (Å²) in [7, 11) is -0.555. The lowest BCUT2D eigenvalue weighted by Gasteiger charge is -2.24. The van der Waals surface area contributed by atoms with Gasteiger partial charge in [0.25, 0.3) is 10.2 Å². The molecule has 0 aliphatic carbocycles. The summed E-state index contributed by atoms with van der Waals surface area (Å²) in [4.78, 5) is 0. The Morgan fingerprint density at radius 1 is 1.26 bits per heavy atom. The molecule has 5 nitrogen and oxygen atoms in total. The molecule has 1 aromatic rings. The van der Waals surface area contributed by atoms with Gasteiger partial charge < -0.3 is 5.73 Å². The zero-order valence-corrected chi connectivity index (χ0v) is 12.0. The van der Waals surface area contributed by atoms with Gasteiger partial charge in [0.1, 0.15) is 5.82 Å². The van der Waals surface area contributed by atoms with Crippen molar-refractivity contribution in [1.82, 2.24) is 8.61 Å². The largest absolute Gasteiger partial charge is 0.330 e. The third kappa shape index (κ3) is 4.54. The fourth-order valence-corrected chi connectivity index (χ4v) is 2.79. The summed E-state index contributed by atoms with van der Waals surface area (Å²) in [5.74, 6) is -0.375. The number of benzene rings is 1. The van der Waals surface area contributed by atoms with Crippen molar-refractivity contribution in [3.63, 3.8) is 0 Å². The molecule has 0 atom stereocenters. The topological polar surface area (TPSA) is 66.6 Å². The maximum Gasteiger partial charge on any atom is 0.281 e. The molecule has 0 radical (unpaired) electrons. The lowest BCUT2D eigenvalue weighted by atomic mass is 10.2. The highest BCUT2D eigenvalue weighted by Crippen LogP contribution is 2.11. The molecule has 2 N–H and O–H groups in total. The van der Waals surface area contributed by atoms with Crippen LogP contribution in [0.1, 0.15) is 12.0 Å². The monoisotopic (exact) mass is 289 g/mol. The average molecular weight is 289 g/mol. The SMILES string of the molecule is CN(CCCN)S(=O)(=O)N(C)Cc1cccc(F)c1. The van der Waals surface area contributed by atoms with Gasteiger partial charge in [-0.2, -0.15) is 17.0 Å². The van der Waals surface area contributed by atoms with Crippen LogP contribution < -0.4 is 5.73 Å². The van der Waals surface area contributed by atoms with E-state index in [2.05, 4.69) is 0 Å². The highest BCUT2D eigenvalue weighted by molar-refractivity contribution is 7.86. The second-order valence-electron chi connectivity index (χ2n) is 4.36. The minimum absolute atomic E-state index is 0.132. The van der Waals surface area contributed by atoms with Gasteiger partial charge in [0.15, 0.2) is 0 Å². The van der Waals surface area contributed by atoms with E-state index in [0.717, 1.165) is 0 Å². The first-order valence-corrected chi connectivity index (χ1v) is 7.39. The smallest absolute Gasteiger partial charge is 0.281 e. The van der Waals surface area contributed by atoms with Crippen LogP contribution in [-0.4, -0.2) is 44.2 Å². The van der Waals surface area contributed by atoms with Gasteiger partial charge in [-0.05, 0) is 30.7 Å². The van der Waals surface area contributed by atoms with Crippen LogP contribution in [-0.2, 0) is 16.8 Å². The first kappa shape index (κ1) is 16.0. The van der Waals surface area contributed by atoms with Gasteiger partial charge in [0, 0.05) is 27.2 Å². The zero-order chi connectivity index (χ0) is 14.5. The van der Waals surface area contributed by atoms with Crippen molar-refractivity contribution in [2.24, 2.45) is 5.73 Å². The fourth-order valence-electron chi connectivity index (χ4n) is 1.64. The van der Waals surface area contributed by atoms with Crippen molar-refractivity contribution < 1.29 is 12.8 Å². The Labute approximate surface area is 114 Å². The Morgan fingerprint density at radius 3 is 2.53 bits per heavy atom. The molecule has 108 valence electrons. The van der Waals surface area contributed by atoms with E-state index in [1.54, 1.807) is 12.1 Å².